The van der Waals surface area contributed by atoms with E-state index in [1.54, 1.807) is 24.5 Å². The van der Waals surface area contributed by atoms with Crippen molar-refractivity contribution in [2.45, 2.75) is 38.1 Å². The first-order valence-electron chi connectivity index (χ1n) is 12.2. The van der Waals surface area contributed by atoms with E-state index in [9.17, 15) is 13.6 Å². The number of amides is 1. The molecular weight excluding hydrogens is 512 g/mol. The molecule has 0 saturated heterocycles. The summed E-state index contributed by atoms with van der Waals surface area (Å²) in [5, 5.41) is 7.09. The number of aromatic amines is 1. The highest BCUT2D eigenvalue weighted by molar-refractivity contribution is 6.30. The van der Waals surface area contributed by atoms with Crippen LogP contribution in [0.5, 0.6) is 0 Å². The predicted octanol–water partition coefficient (Wildman–Crippen LogP) is 5.72. The predicted molar refractivity (Wildman–Crippen MR) is 138 cm³/mol. The Labute approximate surface area is 221 Å². The van der Waals surface area contributed by atoms with Crippen molar-refractivity contribution in [1.29, 1.82) is 0 Å². The normalized spacial score (nSPS) is 13.9. The van der Waals surface area contributed by atoms with Crippen molar-refractivity contribution >= 4 is 28.7 Å². The highest BCUT2D eigenvalue weighted by atomic mass is 35.5. The number of fused-ring (bicyclic) bond motifs is 1. The van der Waals surface area contributed by atoms with Gasteiger partial charge in [-0.15, -0.1) is 0 Å². The summed E-state index contributed by atoms with van der Waals surface area (Å²) < 4.78 is 29.5. The average Bonchev–Trinajstić information content (AvgIpc) is 3.69. The topological polar surface area (TPSA) is 101 Å². The van der Waals surface area contributed by atoms with Crippen LogP contribution in [0.15, 0.2) is 55.1 Å². The first-order valence-corrected chi connectivity index (χ1v) is 12.6. The molecule has 2 aromatic carbocycles. The van der Waals surface area contributed by atoms with Crippen molar-refractivity contribution in [3.63, 3.8) is 0 Å². The molecule has 5 aromatic rings. The van der Waals surface area contributed by atoms with Crippen LogP contribution >= 0.6 is 11.6 Å². The molecule has 1 aliphatic carbocycles. The van der Waals surface area contributed by atoms with Crippen molar-refractivity contribution in [3.8, 4) is 16.8 Å². The van der Waals surface area contributed by atoms with Gasteiger partial charge < -0.3 is 10.3 Å². The number of H-pyrrole nitrogens is 1. The molecule has 6 rings (SSSR count). The molecule has 0 atom stereocenters. The maximum absolute atomic E-state index is 14.5. The number of nitrogens with one attached hydrogen (secondary N) is 2. The zero-order valence-corrected chi connectivity index (χ0v) is 20.8. The molecule has 8 nitrogen and oxygen atoms in total. The number of rotatable bonds is 6. The van der Waals surface area contributed by atoms with Gasteiger partial charge in [-0.3, -0.25) is 4.79 Å². The van der Waals surface area contributed by atoms with Gasteiger partial charge in [0.25, 0.3) is 5.91 Å². The SMILES string of the molecule is O=C(NCc1cc(F)cc(-c2cnn(-c3ccc(F)c(Cl)c3)c2)c1)c1ncnc2nc(C3CCCC3)[nH]c12. The molecule has 0 spiro atoms. The first-order chi connectivity index (χ1) is 18.4. The van der Waals surface area contributed by atoms with Crippen molar-refractivity contribution in [1.82, 2.24) is 35.0 Å². The molecule has 1 saturated carbocycles. The molecular formula is C27H22ClF2N7O. The number of aromatic nitrogens is 6. The zero-order chi connectivity index (χ0) is 26.2. The molecule has 2 N–H and O–H groups in total. The van der Waals surface area contributed by atoms with Gasteiger partial charge in [-0.05, 0) is 60.4 Å². The van der Waals surface area contributed by atoms with E-state index in [2.05, 4.69) is 30.4 Å². The number of benzene rings is 2. The van der Waals surface area contributed by atoms with Gasteiger partial charge in [-0.25, -0.2) is 28.4 Å². The molecule has 1 amide bonds. The molecule has 0 bridgehead atoms. The van der Waals surface area contributed by atoms with Crippen LogP contribution in [0.1, 0.15) is 53.5 Å². The maximum Gasteiger partial charge on any atom is 0.272 e. The summed E-state index contributed by atoms with van der Waals surface area (Å²) >= 11 is 5.88. The lowest BCUT2D eigenvalue weighted by Gasteiger charge is -2.08. The maximum atomic E-state index is 14.5. The Morgan fingerprint density at radius 2 is 1.95 bits per heavy atom. The molecule has 0 unspecified atom stereocenters. The molecule has 0 aliphatic heterocycles. The Morgan fingerprint density at radius 1 is 1.11 bits per heavy atom. The molecule has 3 heterocycles. The minimum Gasteiger partial charge on any atom is -0.347 e. The summed E-state index contributed by atoms with van der Waals surface area (Å²) in [6.07, 6.45) is 9.05. The zero-order valence-electron chi connectivity index (χ0n) is 20.1. The van der Waals surface area contributed by atoms with Gasteiger partial charge in [-0.1, -0.05) is 24.4 Å². The van der Waals surface area contributed by atoms with Gasteiger partial charge >= 0.3 is 0 Å². The Bertz CT molecular complexity index is 1660. The lowest BCUT2D eigenvalue weighted by Crippen LogP contribution is -2.24. The number of carbonyl (C=O) groups excluding carboxylic acids is 1. The third-order valence-electron chi connectivity index (χ3n) is 6.76. The average molecular weight is 534 g/mol. The summed E-state index contributed by atoms with van der Waals surface area (Å²) in [7, 11) is 0. The largest absolute Gasteiger partial charge is 0.347 e. The van der Waals surface area contributed by atoms with E-state index < -0.39 is 17.5 Å². The quantitative estimate of drug-likeness (QED) is 0.290. The highest BCUT2D eigenvalue weighted by Gasteiger charge is 2.23. The van der Waals surface area contributed by atoms with Crippen LogP contribution in [0.2, 0.25) is 5.02 Å². The summed E-state index contributed by atoms with van der Waals surface area (Å²) in [6, 6.07) is 8.77. The van der Waals surface area contributed by atoms with E-state index in [1.165, 1.54) is 35.3 Å². The molecule has 38 heavy (non-hydrogen) atoms. The monoisotopic (exact) mass is 533 g/mol. The van der Waals surface area contributed by atoms with Crippen molar-refractivity contribution < 1.29 is 13.6 Å². The molecule has 1 aliphatic rings. The van der Waals surface area contributed by atoms with Crippen LogP contribution < -0.4 is 5.32 Å². The van der Waals surface area contributed by atoms with Crippen LogP contribution in [0.3, 0.4) is 0 Å². The van der Waals surface area contributed by atoms with Crippen LogP contribution in [0.4, 0.5) is 8.78 Å². The smallest absolute Gasteiger partial charge is 0.272 e. The van der Waals surface area contributed by atoms with E-state index in [-0.39, 0.29) is 17.3 Å². The van der Waals surface area contributed by atoms with Crippen molar-refractivity contribution in [2.75, 3.05) is 0 Å². The molecule has 3 aromatic heterocycles. The molecule has 11 heteroatoms. The minimum atomic E-state index is -0.524. The number of carbonyl (C=O) groups is 1. The number of halogens is 3. The fraction of sp³-hybridized carbons (Fsp3) is 0.222. The van der Waals surface area contributed by atoms with Crippen LogP contribution in [0.25, 0.3) is 28.0 Å². The van der Waals surface area contributed by atoms with Crippen molar-refractivity contribution in [2.24, 2.45) is 0 Å². The second kappa shape index (κ2) is 9.94. The van der Waals surface area contributed by atoms with E-state index in [4.69, 9.17) is 11.6 Å². The van der Waals surface area contributed by atoms with Gasteiger partial charge in [0, 0.05) is 24.2 Å². The number of nitrogens with zero attached hydrogens (tertiary/aromatic N) is 5. The second-order valence-electron chi connectivity index (χ2n) is 9.33. The van der Waals surface area contributed by atoms with Gasteiger partial charge in [0.1, 0.15) is 29.3 Å². The molecule has 0 radical (unpaired) electrons. The van der Waals surface area contributed by atoms with E-state index in [1.807, 2.05) is 0 Å². The van der Waals surface area contributed by atoms with Gasteiger partial charge in [0.15, 0.2) is 11.3 Å². The van der Waals surface area contributed by atoms with Crippen LogP contribution in [-0.4, -0.2) is 35.6 Å². The fourth-order valence-electron chi connectivity index (χ4n) is 4.84. The van der Waals surface area contributed by atoms with E-state index in [0.717, 1.165) is 31.5 Å². The van der Waals surface area contributed by atoms with Gasteiger partial charge in [-0.2, -0.15) is 5.10 Å². The lowest BCUT2D eigenvalue weighted by molar-refractivity contribution is 0.0947. The Kier molecular flexibility index (Phi) is 6.32. The summed E-state index contributed by atoms with van der Waals surface area (Å²) in [5.41, 5.74) is 3.51. The Hall–Kier alpha value is -4.18. The van der Waals surface area contributed by atoms with Gasteiger partial charge in [0.05, 0.1) is 16.9 Å². The lowest BCUT2D eigenvalue weighted by atomic mass is 10.1. The summed E-state index contributed by atoms with van der Waals surface area (Å²) in [5.74, 6) is -0.209. The molecule has 192 valence electrons. The Morgan fingerprint density at radius 3 is 2.76 bits per heavy atom. The summed E-state index contributed by atoms with van der Waals surface area (Å²) in [4.78, 5) is 29.2. The van der Waals surface area contributed by atoms with Gasteiger partial charge in [0.2, 0.25) is 0 Å². The van der Waals surface area contributed by atoms with E-state index >= 15 is 0 Å². The third kappa shape index (κ3) is 4.74. The van der Waals surface area contributed by atoms with E-state index in [0.29, 0.717) is 39.5 Å². The third-order valence-corrected chi connectivity index (χ3v) is 7.05. The number of hydrogen-bond acceptors (Lipinski definition) is 5. The minimum absolute atomic E-state index is 0.0193. The standard InChI is InChI=1S/C27H22ClF2N7O/c28-21-10-20(5-6-22(21)30)37-13-18(12-34-37)17-7-15(8-19(29)9-17)11-31-27(38)24-23-26(33-14-32-24)36-25(35-23)16-3-1-2-4-16/h5-10,12-14,16H,1-4,11H2,(H,31,38)(H,32,33,35,36). The fourth-order valence-corrected chi connectivity index (χ4v) is 5.01. The molecule has 1 fully saturated rings. The second-order valence-corrected chi connectivity index (χ2v) is 9.73. The Balaban J connectivity index is 1.20. The highest BCUT2D eigenvalue weighted by Crippen LogP contribution is 2.33. The van der Waals surface area contributed by atoms with Crippen LogP contribution in [0, 0.1) is 11.6 Å². The van der Waals surface area contributed by atoms with Crippen LogP contribution in [-0.2, 0) is 6.54 Å². The first kappa shape index (κ1) is 24.2. The number of imidazole rings is 1. The number of hydrogen-bond donors (Lipinski definition) is 2. The van der Waals surface area contributed by atoms with Crippen molar-refractivity contribution in [3.05, 3.63) is 88.9 Å². The summed E-state index contributed by atoms with van der Waals surface area (Å²) in [6.45, 7) is 0.0837.